The number of hydrogen-bond donors (Lipinski definition) is 2. The molecule has 1 amide bonds. The van der Waals surface area contributed by atoms with Crippen LogP contribution in [0.3, 0.4) is 0 Å². The van der Waals surface area contributed by atoms with Crippen LogP contribution in [0.1, 0.15) is 23.2 Å². The fraction of sp³-hybridized carbons (Fsp3) is 0.400. The number of hydrogen-bond acceptors (Lipinski definition) is 3. The smallest absolute Gasteiger partial charge is 0.254 e. The molecular weight excluding hydrogens is 259 g/mol. The minimum absolute atomic E-state index is 0.0464. The molecule has 1 aliphatic heterocycles. The van der Waals surface area contributed by atoms with Crippen LogP contribution < -0.4 is 15.4 Å². The molecule has 0 saturated carbocycles. The average Bonchev–Trinajstić information content (AvgIpc) is 2.48. The van der Waals surface area contributed by atoms with E-state index in [0.29, 0.717) is 12.3 Å². The van der Waals surface area contributed by atoms with Gasteiger partial charge in [0.1, 0.15) is 11.6 Å². The molecule has 0 unspecified atom stereocenters. The molecule has 0 atom stereocenters. The highest BCUT2D eigenvalue weighted by Gasteiger charge is 2.12. The van der Waals surface area contributed by atoms with Crippen molar-refractivity contribution in [1.29, 1.82) is 0 Å². The highest BCUT2D eigenvalue weighted by molar-refractivity contribution is 5.94. The van der Waals surface area contributed by atoms with E-state index in [-0.39, 0.29) is 11.5 Å². The minimum atomic E-state index is -0.567. The predicted molar refractivity (Wildman–Crippen MR) is 75.5 cm³/mol. The van der Waals surface area contributed by atoms with Crippen LogP contribution in [0.2, 0.25) is 0 Å². The Morgan fingerprint density at radius 2 is 2.35 bits per heavy atom. The van der Waals surface area contributed by atoms with Crippen LogP contribution in [0, 0.1) is 5.82 Å². The second-order valence-electron chi connectivity index (χ2n) is 4.67. The maximum atomic E-state index is 13.7. The van der Waals surface area contributed by atoms with Crippen molar-refractivity contribution in [1.82, 2.24) is 10.6 Å². The lowest BCUT2D eigenvalue weighted by Gasteiger charge is -2.14. The molecule has 0 aromatic heterocycles. The summed E-state index contributed by atoms with van der Waals surface area (Å²) in [6.07, 6.45) is 3.96. The van der Waals surface area contributed by atoms with E-state index < -0.39 is 5.82 Å². The van der Waals surface area contributed by atoms with E-state index >= 15 is 0 Å². The third-order valence-electron chi connectivity index (χ3n) is 3.31. The molecule has 2 N–H and O–H groups in total. The zero-order valence-electron chi connectivity index (χ0n) is 11.5. The van der Waals surface area contributed by atoms with Crippen molar-refractivity contribution < 1.29 is 13.9 Å². The summed E-state index contributed by atoms with van der Waals surface area (Å²) in [6.45, 7) is 2.39. The topological polar surface area (TPSA) is 50.4 Å². The molecule has 20 heavy (non-hydrogen) atoms. The van der Waals surface area contributed by atoms with E-state index in [1.807, 2.05) is 0 Å². The van der Waals surface area contributed by atoms with E-state index in [4.69, 9.17) is 4.74 Å². The van der Waals surface area contributed by atoms with Gasteiger partial charge in [0.05, 0.1) is 12.7 Å². The molecule has 0 radical (unpaired) electrons. The van der Waals surface area contributed by atoms with E-state index in [9.17, 15) is 9.18 Å². The Balaban J connectivity index is 1.87. The molecule has 108 valence electrons. The Bertz CT molecular complexity index is 515. The summed E-state index contributed by atoms with van der Waals surface area (Å²) in [5.74, 6) is -0.554. The van der Waals surface area contributed by atoms with Gasteiger partial charge in [-0.15, -0.1) is 0 Å². The summed E-state index contributed by atoms with van der Waals surface area (Å²) in [5, 5.41) is 5.98. The first-order valence-electron chi connectivity index (χ1n) is 6.71. The molecule has 1 aromatic rings. The van der Waals surface area contributed by atoms with Crippen molar-refractivity contribution in [2.45, 2.75) is 12.8 Å². The lowest BCUT2D eigenvalue weighted by Crippen LogP contribution is -2.27. The van der Waals surface area contributed by atoms with Crippen molar-refractivity contribution in [3.63, 3.8) is 0 Å². The third-order valence-corrected chi connectivity index (χ3v) is 3.31. The van der Waals surface area contributed by atoms with Gasteiger partial charge in [0.25, 0.3) is 5.91 Å². The Labute approximate surface area is 118 Å². The number of benzene rings is 1. The SMILES string of the molecule is COc1ccc(C(=O)NCCC2=CCNCC2)c(F)c1. The monoisotopic (exact) mass is 278 g/mol. The summed E-state index contributed by atoms with van der Waals surface area (Å²) >= 11 is 0. The van der Waals surface area contributed by atoms with E-state index in [0.717, 1.165) is 25.9 Å². The Morgan fingerprint density at radius 3 is 3.00 bits per heavy atom. The van der Waals surface area contributed by atoms with E-state index in [2.05, 4.69) is 16.7 Å². The van der Waals surface area contributed by atoms with Gasteiger partial charge in [0.2, 0.25) is 0 Å². The van der Waals surface area contributed by atoms with E-state index in [1.165, 1.54) is 24.8 Å². The first-order valence-corrected chi connectivity index (χ1v) is 6.71. The van der Waals surface area contributed by atoms with Crippen LogP contribution in [-0.4, -0.2) is 32.7 Å². The number of amides is 1. The molecule has 5 heteroatoms. The molecule has 0 bridgehead atoms. The second kappa shape index (κ2) is 7.05. The summed E-state index contributed by atoms with van der Waals surface area (Å²) < 4.78 is 18.6. The number of ether oxygens (including phenoxy) is 1. The highest BCUT2D eigenvalue weighted by atomic mass is 19.1. The molecular formula is C15H19FN2O2. The summed E-state index contributed by atoms with van der Waals surface area (Å²) in [7, 11) is 1.46. The molecule has 1 aliphatic rings. The fourth-order valence-electron chi connectivity index (χ4n) is 2.14. The molecule has 0 aliphatic carbocycles. The molecule has 0 saturated heterocycles. The van der Waals surface area contributed by atoms with Gasteiger partial charge in [-0.25, -0.2) is 4.39 Å². The van der Waals surface area contributed by atoms with Crippen molar-refractivity contribution in [3.8, 4) is 5.75 Å². The van der Waals surface area contributed by atoms with E-state index in [1.54, 1.807) is 6.07 Å². The zero-order chi connectivity index (χ0) is 14.4. The van der Waals surface area contributed by atoms with Gasteiger partial charge >= 0.3 is 0 Å². The number of halogens is 1. The van der Waals surface area contributed by atoms with Gasteiger partial charge < -0.3 is 15.4 Å². The molecule has 0 spiro atoms. The van der Waals surface area contributed by atoms with Crippen molar-refractivity contribution in [3.05, 3.63) is 41.2 Å². The first kappa shape index (κ1) is 14.5. The quantitative estimate of drug-likeness (QED) is 0.809. The summed E-state index contributed by atoms with van der Waals surface area (Å²) in [6, 6.07) is 4.23. The largest absolute Gasteiger partial charge is 0.497 e. The number of carbonyl (C=O) groups excluding carboxylic acids is 1. The highest BCUT2D eigenvalue weighted by Crippen LogP contribution is 2.16. The third kappa shape index (κ3) is 3.81. The molecule has 1 heterocycles. The molecule has 1 aromatic carbocycles. The number of methoxy groups -OCH3 is 1. The Hall–Kier alpha value is -1.88. The lowest BCUT2D eigenvalue weighted by atomic mass is 10.1. The van der Waals surface area contributed by atoms with Crippen molar-refractivity contribution in [2.75, 3.05) is 26.7 Å². The normalized spacial score (nSPS) is 14.6. The maximum absolute atomic E-state index is 13.7. The maximum Gasteiger partial charge on any atom is 0.254 e. The number of carbonyl (C=O) groups is 1. The second-order valence-corrected chi connectivity index (χ2v) is 4.67. The average molecular weight is 278 g/mol. The van der Waals surface area contributed by atoms with Crippen LogP contribution in [0.4, 0.5) is 4.39 Å². The van der Waals surface area contributed by atoms with Gasteiger partial charge in [0, 0.05) is 19.2 Å². The van der Waals surface area contributed by atoms with Crippen LogP contribution >= 0.6 is 0 Å². The zero-order valence-corrected chi connectivity index (χ0v) is 11.5. The van der Waals surface area contributed by atoms with Gasteiger partial charge in [-0.1, -0.05) is 11.6 Å². The number of rotatable bonds is 5. The lowest BCUT2D eigenvalue weighted by molar-refractivity contribution is 0.0950. The van der Waals surface area contributed by atoms with Crippen molar-refractivity contribution in [2.24, 2.45) is 0 Å². The molecule has 0 fully saturated rings. The van der Waals surface area contributed by atoms with Gasteiger partial charge in [-0.05, 0) is 31.5 Å². The fourth-order valence-corrected chi connectivity index (χ4v) is 2.14. The van der Waals surface area contributed by atoms with Gasteiger partial charge in [-0.3, -0.25) is 4.79 Å². The van der Waals surface area contributed by atoms with Crippen LogP contribution in [0.25, 0.3) is 0 Å². The molecule has 4 nitrogen and oxygen atoms in total. The Morgan fingerprint density at radius 1 is 1.50 bits per heavy atom. The molecule has 2 rings (SSSR count). The van der Waals surface area contributed by atoms with Gasteiger partial charge in [-0.2, -0.15) is 0 Å². The van der Waals surface area contributed by atoms with Crippen LogP contribution in [-0.2, 0) is 0 Å². The minimum Gasteiger partial charge on any atom is -0.497 e. The van der Waals surface area contributed by atoms with Gasteiger partial charge in [0.15, 0.2) is 0 Å². The first-order chi connectivity index (χ1) is 9.70. The standard InChI is InChI=1S/C15H19FN2O2/c1-20-12-2-3-13(14(16)10-12)15(19)18-9-6-11-4-7-17-8-5-11/h2-4,10,17H,5-9H2,1H3,(H,18,19). The number of nitrogens with one attached hydrogen (secondary N) is 2. The predicted octanol–water partition coefficient (Wildman–Crippen LogP) is 1.87. The summed E-state index contributed by atoms with van der Waals surface area (Å²) in [4.78, 5) is 11.9. The van der Waals surface area contributed by atoms with Crippen molar-refractivity contribution >= 4 is 5.91 Å². The van der Waals surface area contributed by atoms with Crippen LogP contribution in [0.5, 0.6) is 5.75 Å². The Kier molecular flexibility index (Phi) is 5.12. The van der Waals surface area contributed by atoms with Crippen LogP contribution in [0.15, 0.2) is 29.8 Å². The summed E-state index contributed by atoms with van der Waals surface area (Å²) in [5.41, 5.74) is 1.38.